The van der Waals surface area contributed by atoms with Crippen molar-refractivity contribution in [3.8, 4) is 0 Å². The zero-order valence-electron chi connectivity index (χ0n) is 4.05. The van der Waals surface area contributed by atoms with E-state index < -0.39 is 10.4 Å². The molecule has 0 aliphatic carbocycles. The zero-order valence-corrected chi connectivity index (χ0v) is 7.83. The minimum Gasteiger partial charge on any atom is -0.734 e. The molecule has 0 bridgehead atoms. The molecule has 52 valence electrons. The van der Waals surface area contributed by atoms with Crippen molar-refractivity contribution in [3.05, 3.63) is 0 Å². The maximum atomic E-state index is 8.74. The molecule has 2 N–H and O–H groups in total. The van der Waals surface area contributed by atoms with Gasteiger partial charge in [-0.25, -0.2) is 0 Å². The average Bonchev–Trinajstić information content (AvgIpc) is 1.27. The molecule has 0 saturated heterocycles. The van der Waals surface area contributed by atoms with E-state index in [1.54, 1.807) is 5.04 Å². The number of hydrogen-bond donors (Lipinski definition) is 2. The van der Waals surface area contributed by atoms with Crippen LogP contribution in [-0.2, 0) is 34.9 Å². The summed E-state index contributed by atoms with van der Waals surface area (Å²) in [5, 5.41) is 17.5. The first-order valence-electron chi connectivity index (χ1n) is 1.03. The predicted octanol–water partition coefficient (Wildman–Crippen LogP) is -3.10. The van der Waals surface area contributed by atoms with Crippen LogP contribution in [0.4, 0.5) is 0 Å². The van der Waals surface area contributed by atoms with E-state index in [9.17, 15) is 0 Å². The van der Waals surface area contributed by atoms with Crippen LogP contribution in [0.5, 0.6) is 0 Å². The molecule has 0 aromatic carbocycles. The van der Waals surface area contributed by atoms with Gasteiger partial charge in [-0.2, -0.15) is 8.42 Å². The van der Waals surface area contributed by atoms with Gasteiger partial charge >= 0.3 is 29.9 Å². The molecule has 0 aromatic heterocycles. The second kappa shape index (κ2) is 8.37. The van der Waals surface area contributed by atoms with E-state index in [0.29, 0.717) is 0 Å². The van der Waals surface area contributed by atoms with Crippen molar-refractivity contribution in [2.75, 3.05) is 0 Å². The summed E-state index contributed by atoms with van der Waals surface area (Å²) in [5.41, 5.74) is 0. The van der Waals surface area contributed by atoms with Crippen LogP contribution in [0, 0.1) is 0 Å². The number of hydrogen-bond acceptors (Lipinski definition) is 5. The van der Waals surface area contributed by atoms with Crippen LogP contribution in [0.1, 0.15) is 0 Å². The van der Waals surface area contributed by atoms with Crippen molar-refractivity contribution in [1.29, 1.82) is 0 Å². The molecule has 0 aliphatic rings. The quantitative estimate of drug-likeness (QED) is 0.188. The molecule has 9 heavy (non-hydrogen) atoms. The predicted molar refractivity (Wildman–Crippen MR) is 15.3 cm³/mol. The van der Waals surface area contributed by atoms with E-state index in [-0.39, 0.29) is 19.5 Å². The molecule has 0 aliphatic heterocycles. The molecule has 9 heteroatoms. The molecular weight excluding hydrogens is 209 g/mol. The zero-order chi connectivity index (χ0) is 7.21. The Hall–Kier alpha value is 0.373. The van der Waals surface area contributed by atoms with Gasteiger partial charge in [-0.05, 0) is 0 Å². The Kier molecular flexibility index (Phi) is 15.1. The summed E-state index contributed by atoms with van der Waals surface area (Å²) in [6, 6.07) is 0. The number of rotatable bonds is 0. The third-order valence-corrected chi connectivity index (χ3v) is 0. The van der Waals surface area contributed by atoms with Crippen LogP contribution in [0.2, 0.25) is 0 Å². The maximum Gasteiger partial charge on any atom is 2.00 e. The van der Waals surface area contributed by atoms with Gasteiger partial charge in [-0.1, -0.05) is 0 Å². The van der Waals surface area contributed by atoms with Gasteiger partial charge in [0, 0.05) is 0 Å². The molecule has 0 amide bonds. The molecule has 0 atom stereocenters. The van der Waals surface area contributed by atoms with Crippen LogP contribution < -0.4 is 10.5 Å². The molecule has 0 heterocycles. The summed E-state index contributed by atoms with van der Waals surface area (Å²) < 4.78 is 31.6. The van der Waals surface area contributed by atoms with E-state index in [2.05, 4.69) is 0 Å². The third-order valence-electron chi connectivity index (χ3n) is 0. The fourth-order valence-electron chi connectivity index (χ4n) is 0. The van der Waals surface area contributed by atoms with Crippen LogP contribution in [0.3, 0.4) is 0 Å². The first-order chi connectivity index (χ1) is 3.41. The van der Waals surface area contributed by atoms with Crippen molar-refractivity contribution < 1.29 is 52.6 Å². The summed E-state index contributed by atoms with van der Waals surface area (Å²) in [5.74, 6) is 0. The van der Waals surface area contributed by atoms with Gasteiger partial charge in [-0.15, -0.1) is 0 Å². The van der Waals surface area contributed by atoms with E-state index in [4.69, 9.17) is 28.0 Å². The van der Waals surface area contributed by atoms with Crippen molar-refractivity contribution in [2.45, 2.75) is 0 Å². The second-order valence-corrected chi connectivity index (χ2v) is 1.41. The summed E-state index contributed by atoms with van der Waals surface area (Å²) in [4.78, 5) is 0. The fraction of sp³-hybridized carbons (Fsp3) is 0. The van der Waals surface area contributed by atoms with E-state index in [0.717, 1.165) is 0 Å². The Morgan fingerprint density at radius 3 is 1.22 bits per heavy atom. The van der Waals surface area contributed by atoms with Gasteiger partial charge in [0.1, 0.15) is 0 Å². The molecule has 0 fully saturated rings. The molecule has 0 rings (SSSR count). The van der Waals surface area contributed by atoms with Crippen molar-refractivity contribution >= 4 is 10.4 Å². The van der Waals surface area contributed by atoms with Crippen LogP contribution in [0.15, 0.2) is 0 Å². The van der Waals surface area contributed by atoms with Crippen LogP contribution in [-0.4, -0.2) is 17.5 Å². The molecule has 0 saturated carbocycles. The SMILES string of the molecule is O=S(=O)(O)O.[O-]O[O-].[Zn+2]. The topological polar surface area (TPSA) is 130 Å². The Bertz CT molecular complexity index is 103. The van der Waals surface area contributed by atoms with E-state index in [1.165, 1.54) is 0 Å². The normalized spacial score (nSPS) is 8.44. The maximum absolute atomic E-state index is 8.74. The monoisotopic (exact) mass is 210 g/mol. The Morgan fingerprint density at radius 2 is 1.22 bits per heavy atom. The summed E-state index contributed by atoms with van der Waals surface area (Å²) in [6.45, 7) is 0. The largest absolute Gasteiger partial charge is 2.00 e. The second-order valence-electron chi connectivity index (χ2n) is 0.516. The van der Waals surface area contributed by atoms with Gasteiger partial charge < -0.3 is 15.6 Å². The Balaban J connectivity index is -0.0000000800. The van der Waals surface area contributed by atoms with Crippen LogP contribution >= 0.6 is 0 Å². The molecular formula is H2O7SZn. The van der Waals surface area contributed by atoms with Gasteiger partial charge in [0.25, 0.3) is 0 Å². The smallest absolute Gasteiger partial charge is 0.734 e. The Morgan fingerprint density at radius 1 is 1.22 bits per heavy atom. The summed E-state index contributed by atoms with van der Waals surface area (Å²) in [6.07, 6.45) is 0. The summed E-state index contributed by atoms with van der Waals surface area (Å²) >= 11 is 0. The van der Waals surface area contributed by atoms with Crippen molar-refractivity contribution in [1.82, 2.24) is 0 Å². The van der Waals surface area contributed by atoms with Crippen LogP contribution in [0.25, 0.3) is 0 Å². The molecule has 0 radical (unpaired) electrons. The minimum absolute atomic E-state index is 0. The van der Waals surface area contributed by atoms with Gasteiger partial charge in [0.15, 0.2) is 0 Å². The standard InChI is InChI=1S/H2O4S.H2O3.Zn/c1-5(2,3)4;1-3-2;/h(H2,1,2,3,4);1-2H;/q;;+2/p-2. The first kappa shape index (κ1) is 16.2. The van der Waals surface area contributed by atoms with Gasteiger partial charge in [0.05, 0.1) is 0 Å². The fourth-order valence-corrected chi connectivity index (χ4v) is 0. The van der Waals surface area contributed by atoms with Gasteiger partial charge in [-0.3, -0.25) is 9.11 Å². The van der Waals surface area contributed by atoms with Crippen molar-refractivity contribution in [2.24, 2.45) is 0 Å². The third kappa shape index (κ3) is 2440. The molecule has 7 nitrogen and oxygen atoms in total. The molecule has 0 aromatic rings. The van der Waals surface area contributed by atoms with E-state index in [1.807, 2.05) is 0 Å². The molecule has 0 spiro atoms. The molecule has 0 unspecified atom stereocenters. The van der Waals surface area contributed by atoms with Crippen molar-refractivity contribution in [3.63, 3.8) is 0 Å². The average molecular weight is 211 g/mol. The minimum atomic E-state index is -4.67. The first-order valence-corrected chi connectivity index (χ1v) is 2.43. The Labute approximate surface area is 63.5 Å². The van der Waals surface area contributed by atoms with Gasteiger partial charge in [0.2, 0.25) is 0 Å². The van der Waals surface area contributed by atoms with E-state index >= 15 is 0 Å². The summed E-state index contributed by atoms with van der Waals surface area (Å²) in [7, 11) is -4.67.